The molecule has 4 heteroatoms. The number of benzene rings is 7. The van der Waals surface area contributed by atoms with Gasteiger partial charge in [0.2, 0.25) is 5.95 Å². The standard InChI is InChI=1S/C46H30N4/c1-4-15-31(16-5-1)34-21-14-22-35(29-34)49-41-25-12-10-23-36(41)37-27-28-43-44(45(37)49)38-24-11-13-26-42(38)50(43)46-47-39(32-17-6-2-7-18-32)30-40(48-46)33-19-8-3-9-20-33/h1-30H. The van der Waals surface area contributed by atoms with E-state index in [2.05, 4.69) is 179 Å². The molecule has 0 saturated heterocycles. The van der Waals surface area contributed by atoms with Crippen LogP contribution in [0.2, 0.25) is 0 Å². The number of aromatic nitrogens is 4. The number of fused-ring (bicyclic) bond motifs is 7. The molecule has 0 radical (unpaired) electrons. The molecule has 0 N–H and O–H groups in total. The minimum atomic E-state index is 0.643. The third kappa shape index (κ3) is 4.46. The minimum Gasteiger partial charge on any atom is -0.309 e. The zero-order valence-electron chi connectivity index (χ0n) is 27.1. The van der Waals surface area contributed by atoms with Gasteiger partial charge in [-0.1, -0.05) is 146 Å². The van der Waals surface area contributed by atoms with E-state index in [1.807, 2.05) is 12.1 Å². The monoisotopic (exact) mass is 638 g/mol. The summed E-state index contributed by atoms with van der Waals surface area (Å²) in [6.45, 7) is 0. The molecular weight excluding hydrogens is 609 g/mol. The number of nitrogens with zero attached hydrogens (tertiary/aromatic N) is 4. The second-order valence-electron chi connectivity index (χ2n) is 12.6. The summed E-state index contributed by atoms with van der Waals surface area (Å²) in [7, 11) is 0. The fourth-order valence-corrected chi connectivity index (χ4v) is 7.50. The van der Waals surface area contributed by atoms with Crippen LogP contribution < -0.4 is 0 Å². The lowest BCUT2D eigenvalue weighted by Crippen LogP contribution is -2.04. The molecule has 7 aromatic carbocycles. The van der Waals surface area contributed by atoms with Crippen molar-refractivity contribution in [1.29, 1.82) is 0 Å². The quantitative estimate of drug-likeness (QED) is 0.188. The normalized spacial score (nSPS) is 11.6. The van der Waals surface area contributed by atoms with Crippen LogP contribution in [0.3, 0.4) is 0 Å². The number of hydrogen-bond donors (Lipinski definition) is 0. The van der Waals surface area contributed by atoms with Gasteiger partial charge in [-0.25, -0.2) is 9.97 Å². The van der Waals surface area contributed by atoms with E-state index in [9.17, 15) is 0 Å². The predicted octanol–water partition coefficient (Wildman–Crippen LogP) is 11.7. The molecule has 0 saturated carbocycles. The Morgan fingerprint density at radius 2 is 0.880 bits per heavy atom. The molecule has 50 heavy (non-hydrogen) atoms. The highest BCUT2D eigenvalue weighted by Crippen LogP contribution is 2.42. The Balaban J connectivity index is 1.31. The molecule has 10 aromatic rings. The van der Waals surface area contributed by atoms with Gasteiger partial charge in [0.05, 0.1) is 33.5 Å². The maximum absolute atomic E-state index is 5.27. The van der Waals surface area contributed by atoms with Crippen LogP contribution in [-0.2, 0) is 0 Å². The second-order valence-corrected chi connectivity index (χ2v) is 12.6. The van der Waals surface area contributed by atoms with E-state index < -0.39 is 0 Å². The van der Waals surface area contributed by atoms with Gasteiger partial charge in [-0.3, -0.25) is 4.57 Å². The highest BCUT2D eigenvalue weighted by atomic mass is 15.2. The third-order valence-corrected chi connectivity index (χ3v) is 9.73. The van der Waals surface area contributed by atoms with E-state index in [0.717, 1.165) is 44.6 Å². The molecule has 0 unspecified atom stereocenters. The first-order chi connectivity index (χ1) is 24.8. The number of rotatable bonds is 5. The van der Waals surface area contributed by atoms with Crippen LogP contribution in [-0.4, -0.2) is 19.1 Å². The lowest BCUT2D eigenvalue weighted by Gasteiger charge is -2.12. The fourth-order valence-electron chi connectivity index (χ4n) is 7.50. The van der Waals surface area contributed by atoms with Crippen molar-refractivity contribution in [3.8, 4) is 45.3 Å². The molecule has 0 bridgehead atoms. The first-order valence-electron chi connectivity index (χ1n) is 16.9. The first-order valence-corrected chi connectivity index (χ1v) is 16.9. The van der Waals surface area contributed by atoms with Crippen LogP contribution >= 0.6 is 0 Å². The van der Waals surface area contributed by atoms with Crippen molar-refractivity contribution in [1.82, 2.24) is 19.1 Å². The van der Waals surface area contributed by atoms with Gasteiger partial charge in [0, 0.05) is 38.4 Å². The van der Waals surface area contributed by atoms with Crippen molar-refractivity contribution in [3.05, 3.63) is 182 Å². The van der Waals surface area contributed by atoms with Gasteiger partial charge < -0.3 is 4.57 Å². The molecule has 234 valence electrons. The van der Waals surface area contributed by atoms with Gasteiger partial charge in [-0.2, -0.15) is 0 Å². The Kier molecular flexibility index (Phi) is 6.46. The Morgan fingerprint density at radius 3 is 1.54 bits per heavy atom. The van der Waals surface area contributed by atoms with E-state index >= 15 is 0 Å². The zero-order chi connectivity index (χ0) is 33.0. The molecule has 3 heterocycles. The van der Waals surface area contributed by atoms with Gasteiger partial charge in [0.1, 0.15) is 0 Å². The van der Waals surface area contributed by atoms with Crippen LogP contribution in [0.15, 0.2) is 182 Å². The molecule has 0 fully saturated rings. The van der Waals surface area contributed by atoms with E-state index in [0.29, 0.717) is 5.95 Å². The average molecular weight is 639 g/mol. The highest BCUT2D eigenvalue weighted by Gasteiger charge is 2.22. The fraction of sp³-hybridized carbons (Fsp3) is 0. The minimum absolute atomic E-state index is 0.643. The van der Waals surface area contributed by atoms with Crippen LogP contribution in [0.25, 0.3) is 88.9 Å². The van der Waals surface area contributed by atoms with Crippen LogP contribution in [0, 0.1) is 0 Å². The summed E-state index contributed by atoms with van der Waals surface area (Å²) in [4.78, 5) is 10.5. The summed E-state index contributed by atoms with van der Waals surface area (Å²) in [6.07, 6.45) is 0. The maximum Gasteiger partial charge on any atom is 0.235 e. The van der Waals surface area contributed by atoms with Gasteiger partial charge >= 0.3 is 0 Å². The van der Waals surface area contributed by atoms with Gasteiger partial charge in [0.25, 0.3) is 0 Å². The topological polar surface area (TPSA) is 35.6 Å². The highest BCUT2D eigenvalue weighted by molar-refractivity contribution is 6.26. The van der Waals surface area contributed by atoms with E-state index in [-0.39, 0.29) is 0 Å². The Bertz CT molecular complexity index is 2790. The van der Waals surface area contributed by atoms with Gasteiger partial charge in [0.15, 0.2) is 0 Å². The lowest BCUT2D eigenvalue weighted by atomic mass is 10.0. The summed E-state index contributed by atoms with van der Waals surface area (Å²) < 4.78 is 4.68. The van der Waals surface area contributed by atoms with E-state index in [1.165, 1.54) is 38.3 Å². The Hall–Kier alpha value is -6.78. The summed E-state index contributed by atoms with van der Waals surface area (Å²) in [5, 5.41) is 4.77. The van der Waals surface area contributed by atoms with Crippen LogP contribution in [0.5, 0.6) is 0 Å². The van der Waals surface area contributed by atoms with Crippen molar-refractivity contribution in [2.45, 2.75) is 0 Å². The van der Waals surface area contributed by atoms with Gasteiger partial charge in [-0.15, -0.1) is 0 Å². The predicted molar refractivity (Wildman–Crippen MR) is 207 cm³/mol. The first kappa shape index (κ1) is 28.3. The van der Waals surface area contributed by atoms with Crippen molar-refractivity contribution < 1.29 is 0 Å². The van der Waals surface area contributed by atoms with Crippen molar-refractivity contribution in [2.24, 2.45) is 0 Å². The van der Waals surface area contributed by atoms with Crippen molar-refractivity contribution in [2.75, 3.05) is 0 Å². The second kappa shape index (κ2) is 11.4. The van der Waals surface area contributed by atoms with Crippen molar-refractivity contribution >= 4 is 43.6 Å². The summed E-state index contributed by atoms with van der Waals surface area (Å²) >= 11 is 0. The smallest absolute Gasteiger partial charge is 0.235 e. The molecule has 4 nitrogen and oxygen atoms in total. The van der Waals surface area contributed by atoms with Gasteiger partial charge in [-0.05, 0) is 47.5 Å². The SMILES string of the molecule is c1ccc(-c2cccc(-n3c4ccccc4c4ccc5c(c6ccccc6n5-c5nc(-c6ccccc6)cc(-c6ccccc6)n5)c43)c2)cc1. The molecule has 0 amide bonds. The average Bonchev–Trinajstić information content (AvgIpc) is 3.72. The molecule has 0 atom stereocenters. The lowest BCUT2D eigenvalue weighted by molar-refractivity contribution is 0.996. The zero-order valence-corrected chi connectivity index (χ0v) is 27.1. The Labute approximate surface area is 289 Å². The number of hydrogen-bond acceptors (Lipinski definition) is 2. The maximum atomic E-state index is 5.27. The summed E-state index contributed by atoms with van der Waals surface area (Å²) in [6, 6.07) is 64.2. The molecule has 10 rings (SSSR count). The van der Waals surface area contributed by atoms with Crippen LogP contribution in [0.4, 0.5) is 0 Å². The van der Waals surface area contributed by atoms with Crippen LogP contribution in [0.1, 0.15) is 0 Å². The molecule has 0 spiro atoms. The largest absolute Gasteiger partial charge is 0.309 e. The molecular formula is C46H30N4. The third-order valence-electron chi connectivity index (χ3n) is 9.73. The Morgan fingerprint density at radius 1 is 0.340 bits per heavy atom. The summed E-state index contributed by atoms with van der Waals surface area (Å²) in [5.74, 6) is 0.643. The summed E-state index contributed by atoms with van der Waals surface area (Å²) in [5.41, 5.74) is 11.8. The van der Waals surface area contributed by atoms with Crippen molar-refractivity contribution in [3.63, 3.8) is 0 Å². The molecule has 0 aliphatic carbocycles. The van der Waals surface area contributed by atoms with E-state index in [1.54, 1.807) is 0 Å². The molecule has 3 aromatic heterocycles. The van der Waals surface area contributed by atoms with E-state index in [4.69, 9.17) is 9.97 Å². The molecule has 0 aliphatic heterocycles. The number of para-hydroxylation sites is 2. The molecule has 0 aliphatic rings.